The van der Waals surface area contributed by atoms with Crippen molar-refractivity contribution in [1.82, 2.24) is 9.62 Å². The molecule has 1 N–H and O–H groups in total. The maximum atomic E-state index is 12.5. The van der Waals surface area contributed by atoms with Gasteiger partial charge in [-0.25, -0.2) is 13.1 Å². The van der Waals surface area contributed by atoms with Crippen LogP contribution in [0.3, 0.4) is 0 Å². The van der Waals surface area contributed by atoms with Gasteiger partial charge in [-0.3, -0.25) is 4.90 Å². The van der Waals surface area contributed by atoms with Gasteiger partial charge in [0.1, 0.15) is 5.75 Å². The summed E-state index contributed by atoms with van der Waals surface area (Å²) in [5, 5.41) is 0. The summed E-state index contributed by atoms with van der Waals surface area (Å²) in [6.45, 7) is 2.33. The lowest BCUT2D eigenvalue weighted by atomic mass is 10.1. The number of nitrogens with one attached hydrogen (secondary N) is 1. The molecule has 0 radical (unpaired) electrons. The summed E-state index contributed by atoms with van der Waals surface area (Å²) in [6, 6.07) is 16.4. The third-order valence-electron chi connectivity index (χ3n) is 4.60. The monoisotopic (exact) mass is 360 g/mol. The van der Waals surface area contributed by atoms with Crippen LogP contribution in [0.15, 0.2) is 59.5 Å². The highest BCUT2D eigenvalue weighted by molar-refractivity contribution is 7.89. The fourth-order valence-corrected chi connectivity index (χ4v) is 4.27. The highest BCUT2D eigenvalue weighted by Crippen LogP contribution is 2.26. The zero-order chi connectivity index (χ0) is 17.7. The topological polar surface area (TPSA) is 58.6 Å². The van der Waals surface area contributed by atoms with Gasteiger partial charge in [-0.1, -0.05) is 30.3 Å². The van der Waals surface area contributed by atoms with Crippen LogP contribution < -0.4 is 9.46 Å². The Morgan fingerprint density at radius 1 is 1.04 bits per heavy atom. The predicted octanol–water partition coefficient (Wildman–Crippen LogP) is 2.81. The molecule has 25 heavy (non-hydrogen) atoms. The highest BCUT2D eigenvalue weighted by atomic mass is 32.2. The summed E-state index contributed by atoms with van der Waals surface area (Å²) in [4.78, 5) is 2.64. The lowest BCUT2D eigenvalue weighted by Gasteiger charge is -2.28. The third-order valence-corrected chi connectivity index (χ3v) is 6.04. The van der Waals surface area contributed by atoms with Gasteiger partial charge in [0.15, 0.2) is 0 Å². The van der Waals surface area contributed by atoms with Gasteiger partial charge in [-0.05, 0) is 55.8 Å². The molecule has 2 aromatic carbocycles. The van der Waals surface area contributed by atoms with Gasteiger partial charge in [0.2, 0.25) is 10.0 Å². The summed E-state index contributed by atoms with van der Waals surface area (Å²) in [6.07, 6.45) is 2.30. The summed E-state index contributed by atoms with van der Waals surface area (Å²) in [5.74, 6) is 0.800. The van der Waals surface area contributed by atoms with Crippen molar-refractivity contribution in [2.24, 2.45) is 0 Å². The Morgan fingerprint density at radius 2 is 1.68 bits per heavy atom. The Balaban J connectivity index is 1.78. The van der Waals surface area contributed by atoms with E-state index in [4.69, 9.17) is 4.74 Å². The number of ether oxygens (including phenoxy) is 1. The van der Waals surface area contributed by atoms with E-state index in [1.54, 1.807) is 31.4 Å². The molecule has 1 atom stereocenters. The molecule has 1 fully saturated rings. The quantitative estimate of drug-likeness (QED) is 0.825. The molecule has 0 aromatic heterocycles. The third kappa shape index (κ3) is 4.39. The second kappa shape index (κ2) is 7.99. The number of likely N-dealkylation sites (tertiary alicyclic amines) is 1. The Bertz CT molecular complexity index is 770. The van der Waals surface area contributed by atoms with E-state index < -0.39 is 10.0 Å². The average molecular weight is 360 g/mol. The van der Waals surface area contributed by atoms with Crippen LogP contribution in [-0.2, 0) is 10.0 Å². The van der Waals surface area contributed by atoms with E-state index in [-0.39, 0.29) is 6.04 Å². The van der Waals surface area contributed by atoms with Crippen LogP contribution in [0, 0.1) is 0 Å². The normalized spacial score (nSPS) is 16.7. The molecule has 1 saturated heterocycles. The fraction of sp³-hybridized carbons (Fsp3) is 0.368. The largest absolute Gasteiger partial charge is 0.497 e. The highest BCUT2D eigenvalue weighted by Gasteiger charge is 2.25. The summed E-state index contributed by atoms with van der Waals surface area (Å²) >= 11 is 0. The predicted molar refractivity (Wildman–Crippen MR) is 98.2 cm³/mol. The Morgan fingerprint density at radius 3 is 2.28 bits per heavy atom. The Labute approximate surface area is 149 Å². The Hall–Kier alpha value is -1.89. The van der Waals surface area contributed by atoms with E-state index in [0.29, 0.717) is 11.4 Å². The van der Waals surface area contributed by atoms with Gasteiger partial charge in [-0.15, -0.1) is 0 Å². The van der Waals surface area contributed by atoms with Crippen LogP contribution in [0.5, 0.6) is 5.75 Å². The number of hydrogen-bond acceptors (Lipinski definition) is 4. The molecule has 134 valence electrons. The Kier molecular flexibility index (Phi) is 5.73. The van der Waals surface area contributed by atoms with Crippen LogP contribution in [0.1, 0.15) is 24.4 Å². The standard InChI is InChI=1S/C19H24N2O3S/c1-24-17-11-9-16(10-12-17)19(21-13-5-6-14-21)15-20-25(22,23)18-7-3-2-4-8-18/h2-4,7-12,19-20H,5-6,13-15H2,1H3. The van der Waals surface area contributed by atoms with Crippen molar-refractivity contribution in [3.63, 3.8) is 0 Å². The van der Waals surface area contributed by atoms with Crippen molar-refractivity contribution >= 4 is 10.0 Å². The van der Waals surface area contributed by atoms with Crippen LogP contribution in [-0.4, -0.2) is 40.1 Å². The number of nitrogens with zero attached hydrogens (tertiary/aromatic N) is 1. The second-order valence-electron chi connectivity index (χ2n) is 6.20. The molecule has 1 heterocycles. The molecule has 1 aliphatic heterocycles. The molecule has 2 aromatic rings. The van der Waals surface area contributed by atoms with E-state index in [9.17, 15) is 8.42 Å². The van der Waals surface area contributed by atoms with Crippen molar-refractivity contribution in [1.29, 1.82) is 0 Å². The van der Waals surface area contributed by atoms with Crippen molar-refractivity contribution in [2.75, 3.05) is 26.7 Å². The molecule has 1 aliphatic rings. The minimum Gasteiger partial charge on any atom is -0.497 e. The SMILES string of the molecule is COc1ccc(C(CNS(=O)(=O)c2ccccc2)N2CCCC2)cc1. The number of rotatable bonds is 7. The minimum absolute atomic E-state index is 0.0203. The molecule has 3 rings (SSSR count). The molecule has 0 aliphatic carbocycles. The fourth-order valence-electron chi connectivity index (χ4n) is 3.21. The van der Waals surface area contributed by atoms with Gasteiger partial charge in [0, 0.05) is 12.6 Å². The van der Waals surface area contributed by atoms with Crippen LogP contribution in [0.2, 0.25) is 0 Å². The minimum atomic E-state index is -3.51. The molecular formula is C19H24N2O3S. The first kappa shape index (κ1) is 17.9. The molecule has 0 saturated carbocycles. The van der Waals surface area contributed by atoms with Crippen molar-refractivity contribution < 1.29 is 13.2 Å². The van der Waals surface area contributed by atoms with Gasteiger partial charge < -0.3 is 4.74 Å². The second-order valence-corrected chi connectivity index (χ2v) is 7.96. The average Bonchev–Trinajstić information content (AvgIpc) is 3.17. The number of methoxy groups -OCH3 is 1. The van der Waals surface area contributed by atoms with E-state index >= 15 is 0 Å². The first-order chi connectivity index (χ1) is 12.1. The van der Waals surface area contributed by atoms with Crippen LogP contribution in [0.25, 0.3) is 0 Å². The van der Waals surface area contributed by atoms with E-state index in [1.165, 1.54) is 0 Å². The van der Waals surface area contributed by atoms with Crippen LogP contribution >= 0.6 is 0 Å². The van der Waals surface area contributed by atoms with Crippen molar-refractivity contribution in [3.05, 3.63) is 60.2 Å². The molecule has 0 bridgehead atoms. The summed E-state index contributed by atoms with van der Waals surface area (Å²) < 4.78 is 33.1. The zero-order valence-corrected chi connectivity index (χ0v) is 15.2. The lowest BCUT2D eigenvalue weighted by Crippen LogP contribution is -2.36. The zero-order valence-electron chi connectivity index (χ0n) is 14.4. The van der Waals surface area contributed by atoms with E-state index in [1.807, 2.05) is 30.3 Å². The molecule has 1 unspecified atom stereocenters. The summed E-state index contributed by atoms with van der Waals surface area (Å²) in [5.41, 5.74) is 1.10. The number of hydrogen-bond donors (Lipinski definition) is 1. The molecule has 0 amide bonds. The lowest BCUT2D eigenvalue weighted by molar-refractivity contribution is 0.246. The van der Waals surface area contributed by atoms with Gasteiger partial charge in [-0.2, -0.15) is 0 Å². The van der Waals surface area contributed by atoms with E-state index in [0.717, 1.165) is 37.2 Å². The molecule has 5 nitrogen and oxygen atoms in total. The molecular weight excluding hydrogens is 336 g/mol. The number of sulfonamides is 1. The van der Waals surface area contributed by atoms with Gasteiger partial charge in [0.25, 0.3) is 0 Å². The molecule has 6 heteroatoms. The van der Waals surface area contributed by atoms with Gasteiger partial charge >= 0.3 is 0 Å². The maximum absolute atomic E-state index is 12.5. The number of benzene rings is 2. The first-order valence-corrected chi connectivity index (χ1v) is 10.0. The smallest absolute Gasteiger partial charge is 0.240 e. The van der Waals surface area contributed by atoms with Crippen molar-refractivity contribution in [3.8, 4) is 5.75 Å². The van der Waals surface area contributed by atoms with Gasteiger partial charge in [0.05, 0.1) is 12.0 Å². The van der Waals surface area contributed by atoms with Crippen LogP contribution in [0.4, 0.5) is 0 Å². The summed E-state index contributed by atoms with van der Waals surface area (Å²) in [7, 11) is -1.87. The maximum Gasteiger partial charge on any atom is 0.240 e. The molecule has 0 spiro atoms. The van der Waals surface area contributed by atoms with Crippen molar-refractivity contribution in [2.45, 2.75) is 23.8 Å². The first-order valence-electron chi connectivity index (χ1n) is 8.53. The van der Waals surface area contributed by atoms with E-state index in [2.05, 4.69) is 9.62 Å².